The summed E-state index contributed by atoms with van der Waals surface area (Å²) in [5, 5.41) is 5.66. The minimum atomic E-state index is -0.625. The minimum absolute atomic E-state index is 0.0307. The SMILES string of the molecule is COc1c(Cl)cc(Cl)cc1C(=O)NC(=S)Nc1ccccc1C(N)=O. The molecule has 0 saturated heterocycles. The van der Waals surface area contributed by atoms with Crippen LogP contribution in [0.4, 0.5) is 5.69 Å². The number of methoxy groups -OCH3 is 1. The average molecular weight is 398 g/mol. The van der Waals surface area contributed by atoms with Crippen LogP contribution >= 0.6 is 35.4 Å². The maximum absolute atomic E-state index is 12.4. The molecule has 0 aliphatic rings. The Hall–Kier alpha value is -2.35. The summed E-state index contributed by atoms with van der Waals surface area (Å²) in [6, 6.07) is 9.36. The monoisotopic (exact) mass is 397 g/mol. The molecule has 25 heavy (non-hydrogen) atoms. The van der Waals surface area contributed by atoms with Gasteiger partial charge in [0.15, 0.2) is 5.11 Å². The zero-order valence-electron chi connectivity index (χ0n) is 12.9. The van der Waals surface area contributed by atoms with Gasteiger partial charge in [0.1, 0.15) is 5.75 Å². The molecule has 2 rings (SSSR count). The van der Waals surface area contributed by atoms with Gasteiger partial charge in [-0.3, -0.25) is 14.9 Å². The molecule has 130 valence electrons. The minimum Gasteiger partial charge on any atom is -0.494 e. The Morgan fingerprint density at radius 1 is 1.16 bits per heavy atom. The van der Waals surface area contributed by atoms with Gasteiger partial charge in [0.05, 0.1) is 28.9 Å². The molecule has 0 heterocycles. The number of nitrogens with two attached hydrogens (primary N) is 1. The Morgan fingerprint density at radius 3 is 2.48 bits per heavy atom. The standard InChI is InChI=1S/C16H13Cl2N3O3S/c1-24-13-10(6-8(17)7-11(13)18)15(23)21-16(25)20-12-5-3-2-4-9(12)14(19)22/h2-7H,1H3,(H2,19,22)(H2,20,21,23,25). The fraction of sp³-hybridized carbons (Fsp3) is 0.0625. The first kappa shape index (κ1) is 19.0. The van der Waals surface area contributed by atoms with Crippen molar-refractivity contribution in [2.45, 2.75) is 0 Å². The lowest BCUT2D eigenvalue weighted by molar-refractivity contribution is 0.0972. The van der Waals surface area contributed by atoms with E-state index in [1.165, 1.54) is 25.3 Å². The van der Waals surface area contributed by atoms with Crippen molar-refractivity contribution in [2.75, 3.05) is 12.4 Å². The maximum atomic E-state index is 12.4. The fourth-order valence-corrected chi connectivity index (χ4v) is 2.84. The van der Waals surface area contributed by atoms with E-state index in [2.05, 4.69) is 10.6 Å². The molecule has 0 atom stereocenters. The first-order chi connectivity index (χ1) is 11.8. The number of hydrogen-bond acceptors (Lipinski definition) is 4. The van der Waals surface area contributed by atoms with Crippen molar-refractivity contribution >= 4 is 58.0 Å². The highest BCUT2D eigenvalue weighted by Gasteiger charge is 2.18. The Balaban J connectivity index is 2.20. The third-order valence-corrected chi connectivity index (χ3v) is 3.83. The summed E-state index contributed by atoms with van der Waals surface area (Å²) in [4.78, 5) is 23.8. The Labute approximate surface area is 159 Å². The summed E-state index contributed by atoms with van der Waals surface area (Å²) < 4.78 is 5.13. The molecule has 0 unspecified atom stereocenters. The smallest absolute Gasteiger partial charge is 0.261 e. The quantitative estimate of drug-likeness (QED) is 0.688. The third-order valence-electron chi connectivity index (χ3n) is 3.12. The van der Waals surface area contributed by atoms with Crippen molar-refractivity contribution in [1.82, 2.24) is 5.32 Å². The van der Waals surface area contributed by atoms with Gasteiger partial charge in [0.2, 0.25) is 0 Å². The Morgan fingerprint density at radius 2 is 1.84 bits per heavy atom. The molecule has 0 radical (unpaired) electrons. The van der Waals surface area contributed by atoms with Crippen molar-refractivity contribution < 1.29 is 14.3 Å². The lowest BCUT2D eigenvalue weighted by Crippen LogP contribution is -2.35. The summed E-state index contributed by atoms with van der Waals surface area (Å²) >= 11 is 17.0. The molecule has 0 fully saturated rings. The zero-order valence-corrected chi connectivity index (χ0v) is 15.3. The van der Waals surface area contributed by atoms with Crippen LogP contribution in [-0.4, -0.2) is 24.0 Å². The van der Waals surface area contributed by atoms with Crippen LogP contribution in [0.15, 0.2) is 36.4 Å². The van der Waals surface area contributed by atoms with Crippen LogP contribution < -0.4 is 21.1 Å². The molecular formula is C16H13Cl2N3O3S. The van der Waals surface area contributed by atoms with E-state index < -0.39 is 11.8 Å². The number of carbonyl (C=O) groups is 2. The van der Waals surface area contributed by atoms with Crippen molar-refractivity contribution in [1.29, 1.82) is 0 Å². The maximum Gasteiger partial charge on any atom is 0.261 e. The first-order valence-electron chi connectivity index (χ1n) is 6.87. The van der Waals surface area contributed by atoms with Crippen LogP contribution in [0.25, 0.3) is 0 Å². The molecule has 0 aromatic heterocycles. The van der Waals surface area contributed by atoms with E-state index >= 15 is 0 Å². The molecule has 0 aliphatic heterocycles. The number of ether oxygens (including phenoxy) is 1. The predicted molar refractivity (Wildman–Crippen MR) is 102 cm³/mol. The molecule has 0 aliphatic carbocycles. The van der Waals surface area contributed by atoms with E-state index in [0.29, 0.717) is 5.69 Å². The van der Waals surface area contributed by atoms with Gasteiger partial charge < -0.3 is 15.8 Å². The van der Waals surface area contributed by atoms with Gasteiger partial charge in [-0.15, -0.1) is 0 Å². The fourth-order valence-electron chi connectivity index (χ4n) is 2.07. The van der Waals surface area contributed by atoms with Gasteiger partial charge in [-0.05, 0) is 36.5 Å². The first-order valence-corrected chi connectivity index (χ1v) is 8.04. The number of para-hydroxylation sites is 1. The zero-order chi connectivity index (χ0) is 18.6. The summed E-state index contributed by atoms with van der Waals surface area (Å²) in [5.41, 5.74) is 6.03. The third kappa shape index (κ3) is 4.60. The van der Waals surface area contributed by atoms with Gasteiger partial charge in [-0.2, -0.15) is 0 Å². The number of primary amides is 1. The highest BCUT2D eigenvalue weighted by atomic mass is 35.5. The number of carbonyl (C=O) groups excluding carboxylic acids is 2. The topological polar surface area (TPSA) is 93.4 Å². The number of benzene rings is 2. The highest BCUT2D eigenvalue weighted by molar-refractivity contribution is 7.80. The van der Waals surface area contributed by atoms with E-state index in [-0.39, 0.29) is 32.0 Å². The van der Waals surface area contributed by atoms with Crippen LogP contribution in [-0.2, 0) is 0 Å². The molecular weight excluding hydrogens is 385 g/mol. The van der Waals surface area contributed by atoms with Gasteiger partial charge >= 0.3 is 0 Å². The van der Waals surface area contributed by atoms with Crippen LogP contribution in [0.3, 0.4) is 0 Å². The molecule has 2 aromatic rings. The van der Waals surface area contributed by atoms with Gasteiger partial charge in [0, 0.05) is 5.02 Å². The second kappa shape index (κ2) is 8.15. The number of rotatable bonds is 4. The van der Waals surface area contributed by atoms with Crippen LogP contribution in [0, 0.1) is 0 Å². The number of anilines is 1. The summed E-state index contributed by atoms with van der Waals surface area (Å²) in [7, 11) is 1.38. The van der Waals surface area contributed by atoms with Crippen molar-refractivity contribution in [3.8, 4) is 5.75 Å². The lowest BCUT2D eigenvalue weighted by atomic mass is 10.1. The summed E-state index contributed by atoms with van der Waals surface area (Å²) in [5.74, 6) is -1.03. The Kier molecular flexibility index (Phi) is 6.19. The number of nitrogens with one attached hydrogen (secondary N) is 2. The second-order valence-electron chi connectivity index (χ2n) is 4.79. The van der Waals surface area contributed by atoms with Crippen LogP contribution in [0.5, 0.6) is 5.75 Å². The number of hydrogen-bond donors (Lipinski definition) is 3. The van der Waals surface area contributed by atoms with Gasteiger partial charge in [0.25, 0.3) is 11.8 Å². The van der Waals surface area contributed by atoms with Gasteiger partial charge in [-0.1, -0.05) is 35.3 Å². The number of thiocarbonyl (C=S) groups is 1. The average Bonchev–Trinajstić information content (AvgIpc) is 2.54. The van der Waals surface area contributed by atoms with Crippen LogP contribution in [0.2, 0.25) is 10.0 Å². The van der Waals surface area contributed by atoms with Crippen molar-refractivity contribution in [3.05, 3.63) is 57.6 Å². The number of halogens is 2. The molecule has 0 saturated carbocycles. The molecule has 2 amide bonds. The van der Waals surface area contributed by atoms with Crippen molar-refractivity contribution in [2.24, 2.45) is 5.73 Å². The lowest BCUT2D eigenvalue weighted by Gasteiger charge is -2.14. The van der Waals surface area contributed by atoms with Crippen LogP contribution in [0.1, 0.15) is 20.7 Å². The van der Waals surface area contributed by atoms with E-state index in [0.717, 1.165) is 0 Å². The largest absolute Gasteiger partial charge is 0.494 e. The molecule has 0 spiro atoms. The molecule has 6 nitrogen and oxygen atoms in total. The summed E-state index contributed by atoms with van der Waals surface area (Å²) in [6.45, 7) is 0. The molecule has 9 heteroatoms. The molecule has 0 bridgehead atoms. The molecule has 4 N–H and O–H groups in total. The molecule has 2 aromatic carbocycles. The van der Waals surface area contributed by atoms with E-state index in [9.17, 15) is 9.59 Å². The summed E-state index contributed by atoms with van der Waals surface area (Å²) in [6.07, 6.45) is 0. The second-order valence-corrected chi connectivity index (χ2v) is 6.04. The van der Waals surface area contributed by atoms with E-state index in [1.54, 1.807) is 18.2 Å². The Bertz CT molecular complexity index is 859. The van der Waals surface area contributed by atoms with E-state index in [4.69, 9.17) is 45.9 Å². The van der Waals surface area contributed by atoms with Crippen molar-refractivity contribution in [3.63, 3.8) is 0 Å². The van der Waals surface area contributed by atoms with E-state index in [1.807, 2.05) is 0 Å². The number of amides is 2. The normalized spacial score (nSPS) is 10.0. The van der Waals surface area contributed by atoms with Gasteiger partial charge in [-0.25, -0.2) is 0 Å². The predicted octanol–water partition coefficient (Wildman–Crippen LogP) is 3.23. The highest BCUT2D eigenvalue weighted by Crippen LogP contribution is 2.32.